The molecule has 8 nitrogen and oxygen atoms in total. The molecule has 1 aromatic heterocycles. The third kappa shape index (κ3) is 4.86. The highest BCUT2D eigenvalue weighted by molar-refractivity contribution is 6.46. The van der Waals surface area contributed by atoms with Crippen molar-refractivity contribution in [3.63, 3.8) is 0 Å². The van der Waals surface area contributed by atoms with Gasteiger partial charge < -0.3 is 23.9 Å². The Hall–Kier alpha value is -3.36. The zero-order valence-corrected chi connectivity index (χ0v) is 18.7. The summed E-state index contributed by atoms with van der Waals surface area (Å²) in [7, 11) is 0. The third-order valence-corrected chi connectivity index (χ3v) is 5.83. The molecule has 8 heteroatoms. The molecule has 0 unspecified atom stereocenters. The van der Waals surface area contributed by atoms with Gasteiger partial charge in [0.15, 0.2) is 0 Å². The van der Waals surface area contributed by atoms with E-state index >= 15 is 0 Å². The number of benzene rings is 1. The van der Waals surface area contributed by atoms with Crippen LogP contribution in [-0.4, -0.2) is 72.6 Å². The number of aliphatic hydroxyl groups is 1. The standard InChI is InChI=1S/C25H28N2O6/c1-3-14-32-19-7-5-18(6-8-19)23(28)21-22(20-9-4-17(2)33-20)27(25(30)24(21)29)11-10-26-12-15-31-16-13-26/h3-9,22,28H,1,10-16H2,2H3/b23-21+/t22-/m0/s1. The monoisotopic (exact) mass is 452 g/mol. The number of nitrogens with zero attached hydrogens (tertiary/aromatic N) is 2. The zero-order valence-electron chi connectivity index (χ0n) is 18.7. The number of aliphatic hydroxyl groups excluding tert-OH is 1. The molecule has 4 rings (SSSR count). The van der Waals surface area contributed by atoms with Gasteiger partial charge in [0.25, 0.3) is 11.7 Å². The van der Waals surface area contributed by atoms with Gasteiger partial charge in [0.1, 0.15) is 35.7 Å². The number of morpholine rings is 1. The minimum absolute atomic E-state index is 0.0242. The largest absolute Gasteiger partial charge is 0.507 e. The van der Waals surface area contributed by atoms with Crippen LogP contribution < -0.4 is 4.74 Å². The molecular formula is C25H28N2O6. The molecule has 33 heavy (non-hydrogen) atoms. The molecule has 0 radical (unpaired) electrons. The summed E-state index contributed by atoms with van der Waals surface area (Å²) < 4.78 is 16.7. The van der Waals surface area contributed by atoms with Gasteiger partial charge in [-0.15, -0.1) is 0 Å². The Morgan fingerprint density at radius 3 is 2.52 bits per heavy atom. The number of carbonyl (C=O) groups excluding carboxylic acids is 2. The number of carbonyl (C=O) groups is 2. The Kier molecular flexibility index (Phi) is 6.96. The van der Waals surface area contributed by atoms with Gasteiger partial charge in [-0.1, -0.05) is 12.7 Å². The normalized spacial score (nSPS) is 20.9. The fourth-order valence-electron chi connectivity index (χ4n) is 4.10. The molecule has 1 amide bonds. The molecule has 2 saturated heterocycles. The second-order valence-corrected chi connectivity index (χ2v) is 8.02. The van der Waals surface area contributed by atoms with Gasteiger partial charge in [-0.05, 0) is 43.3 Å². The van der Waals surface area contributed by atoms with Crippen molar-refractivity contribution in [2.24, 2.45) is 0 Å². The molecule has 0 aliphatic carbocycles. The highest BCUT2D eigenvalue weighted by Gasteiger charge is 2.47. The molecule has 1 atom stereocenters. The Morgan fingerprint density at radius 1 is 1.15 bits per heavy atom. The van der Waals surface area contributed by atoms with Crippen molar-refractivity contribution >= 4 is 17.4 Å². The molecule has 0 bridgehead atoms. The van der Waals surface area contributed by atoms with Crippen LogP contribution in [0.2, 0.25) is 0 Å². The number of Topliss-reactive ketones (excluding diaryl/α,β-unsaturated/α-hetero) is 1. The van der Waals surface area contributed by atoms with Crippen molar-refractivity contribution in [3.05, 3.63) is 71.7 Å². The SMILES string of the molecule is C=CCOc1ccc(/C(O)=C2\C(=O)C(=O)N(CCN3CCOCC3)[C@H]2c2ccc(C)o2)cc1. The number of ether oxygens (including phenoxy) is 2. The average Bonchev–Trinajstić information content (AvgIpc) is 3.37. The summed E-state index contributed by atoms with van der Waals surface area (Å²) in [5.41, 5.74) is 0.441. The van der Waals surface area contributed by atoms with Gasteiger partial charge in [0.2, 0.25) is 0 Å². The van der Waals surface area contributed by atoms with Gasteiger partial charge in [0.05, 0.1) is 18.8 Å². The van der Waals surface area contributed by atoms with Crippen LogP contribution in [-0.2, 0) is 14.3 Å². The maximum absolute atomic E-state index is 13.1. The molecule has 2 aliphatic heterocycles. The minimum atomic E-state index is -0.795. The van der Waals surface area contributed by atoms with Crippen molar-refractivity contribution in [2.45, 2.75) is 13.0 Å². The summed E-state index contributed by atoms with van der Waals surface area (Å²) in [5, 5.41) is 11.1. The summed E-state index contributed by atoms with van der Waals surface area (Å²) in [6, 6.07) is 9.42. The number of likely N-dealkylation sites (tertiary alicyclic amines) is 1. The minimum Gasteiger partial charge on any atom is -0.507 e. The second kappa shape index (κ2) is 10.1. The third-order valence-electron chi connectivity index (χ3n) is 5.83. The lowest BCUT2D eigenvalue weighted by atomic mass is 9.99. The number of rotatable bonds is 8. The van der Waals surface area contributed by atoms with Crippen molar-refractivity contribution in [1.82, 2.24) is 9.80 Å². The first-order chi connectivity index (χ1) is 16.0. The quantitative estimate of drug-likeness (QED) is 0.285. The molecular weight excluding hydrogens is 424 g/mol. The summed E-state index contributed by atoms with van der Waals surface area (Å²) in [6.45, 7) is 9.54. The predicted octanol–water partition coefficient (Wildman–Crippen LogP) is 2.91. The van der Waals surface area contributed by atoms with Gasteiger partial charge in [-0.2, -0.15) is 0 Å². The number of furan rings is 1. The van der Waals surface area contributed by atoms with Crippen molar-refractivity contribution in [3.8, 4) is 5.75 Å². The maximum atomic E-state index is 13.1. The van der Waals surface area contributed by atoms with Crippen LogP contribution in [0.1, 0.15) is 23.1 Å². The first-order valence-corrected chi connectivity index (χ1v) is 11.0. The van der Waals surface area contributed by atoms with Crippen molar-refractivity contribution < 1.29 is 28.6 Å². The summed E-state index contributed by atoms with van der Waals surface area (Å²) in [5.74, 6) is 0.108. The van der Waals surface area contributed by atoms with E-state index in [1.54, 1.807) is 49.4 Å². The number of hydrogen-bond donors (Lipinski definition) is 1. The highest BCUT2D eigenvalue weighted by atomic mass is 16.5. The molecule has 2 aliphatic rings. The first-order valence-electron chi connectivity index (χ1n) is 11.0. The van der Waals surface area contributed by atoms with E-state index in [2.05, 4.69) is 11.5 Å². The van der Waals surface area contributed by atoms with E-state index < -0.39 is 17.7 Å². The zero-order chi connectivity index (χ0) is 23.4. The van der Waals surface area contributed by atoms with Crippen LogP contribution in [0.3, 0.4) is 0 Å². The molecule has 1 aromatic carbocycles. The maximum Gasteiger partial charge on any atom is 0.295 e. The van der Waals surface area contributed by atoms with E-state index in [4.69, 9.17) is 13.9 Å². The van der Waals surface area contributed by atoms with Crippen molar-refractivity contribution in [1.29, 1.82) is 0 Å². The van der Waals surface area contributed by atoms with Crippen LogP contribution in [0.4, 0.5) is 0 Å². The topological polar surface area (TPSA) is 92.5 Å². The lowest BCUT2D eigenvalue weighted by Crippen LogP contribution is -2.42. The van der Waals surface area contributed by atoms with Gasteiger partial charge >= 0.3 is 0 Å². The van der Waals surface area contributed by atoms with Crippen molar-refractivity contribution in [2.75, 3.05) is 46.0 Å². The molecule has 174 valence electrons. The predicted molar refractivity (Wildman–Crippen MR) is 122 cm³/mol. The van der Waals surface area contributed by atoms with E-state index in [1.807, 2.05) is 0 Å². The lowest BCUT2D eigenvalue weighted by Gasteiger charge is -2.30. The lowest BCUT2D eigenvalue weighted by molar-refractivity contribution is -0.140. The second-order valence-electron chi connectivity index (χ2n) is 8.02. The number of ketones is 1. The van der Waals surface area contributed by atoms with Gasteiger partial charge in [0, 0.05) is 31.7 Å². The Morgan fingerprint density at radius 2 is 1.88 bits per heavy atom. The van der Waals surface area contributed by atoms with Crippen LogP contribution >= 0.6 is 0 Å². The number of amides is 1. The van der Waals surface area contributed by atoms with E-state index in [1.165, 1.54) is 4.90 Å². The molecule has 3 heterocycles. The number of aryl methyl sites for hydroxylation is 1. The molecule has 2 aromatic rings. The van der Waals surface area contributed by atoms with E-state index in [-0.39, 0.29) is 11.3 Å². The summed E-state index contributed by atoms with van der Waals surface area (Å²) >= 11 is 0. The average molecular weight is 453 g/mol. The Bertz CT molecular complexity index is 1050. The molecule has 2 fully saturated rings. The van der Waals surface area contributed by atoms with Crippen LogP contribution in [0.15, 0.2) is 59.0 Å². The van der Waals surface area contributed by atoms with E-state index in [0.29, 0.717) is 55.7 Å². The highest BCUT2D eigenvalue weighted by Crippen LogP contribution is 2.40. The Balaban J connectivity index is 1.66. The molecule has 0 saturated carbocycles. The molecule has 1 N–H and O–H groups in total. The summed E-state index contributed by atoms with van der Waals surface area (Å²) in [6.07, 6.45) is 1.64. The van der Waals surface area contributed by atoms with Crippen LogP contribution in [0.5, 0.6) is 5.75 Å². The molecule has 0 spiro atoms. The van der Waals surface area contributed by atoms with E-state index in [9.17, 15) is 14.7 Å². The first kappa shape index (κ1) is 22.8. The van der Waals surface area contributed by atoms with Crippen LogP contribution in [0, 0.1) is 6.92 Å². The summed E-state index contributed by atoms with van der Waals surface area (Å²) in [4.78, 5) is 29.7. The van der Waals surface area contributed by atoms with Crippen LogP contribution in [0.25, 0.3) is 5.76 Å². The fraction of sp³-hybridized carbons (Fsp3) is 0.360. The van der Waals surface area contributed by atoms with Gasteiger partial charge in [-0.3, -0.25) is 14.5 Å². The Labute approximate surface area is 192 Å². The number of hydrogen-bond acceptors (Lipinski definition) is 7. The fourth-order valence-corrected chi connectivity index (χ4v) is 4.10. The van der Waals surface area contributed by atoms with E-state index in [0.717, 1.165) is 13.1 Å². The van der Waals surface area contributed by atoms with Gasteiger partial charge in [-0.25, -0.2) is 0 Å². The smallest absolute Gasteiger partial charge is 0.295 e.